The lowest BCUT2D eigenvalue weighted by atomic mass is 9.94. The van der Waals surface area contributed by atoms with E-state index in [1.54, 1.807) is 6.07 Å². The molecule has 1 fully saturated rings. The number of hydrogen-bond donors (Lipinski definition) is 2. The average molecular weight is 269 g/mol. The maximum atomic E-state index is 13.5. The van der Waals surface area contributed by atoms with Gasteiger partial charge in [-0.05, 0) is 18.9 Å². The molecule has 1 saturated carbocycles. The Kier molecular flexibility index (Phi) is 4.88. The van der Waals surface area contributed by atoms with Crippen LogP contribution in [0.3, 0.4) is 0 Å². The molecular weight excluding hydrogens is 248 g/mol. The Balaban J connectivity index is 1.87. The molecule has 4 heteroatoms. The fourth-order valence-corrected chi connectivity index (χ4v) is 2.68. The van der Waals surface area contributed by atoms with Gasteiger partial charge in [-0.1, -0.05) is 37.8 Å². The third-order valence-electron chi connectivity index (χ3n) is 3.84. The SMILES string of the molecule is OC1(CNCc2cccc(F)c2F)CCCCCC1. The van der Waals surface area contributed by atoms with Gasteiger partial charge in [0.25, 0.3) is 0 Å². The van der Waals surface area contributed by atoms with Crippen molar-refractivity contribution in [2.24, 2.45) is 0 Å². The number of aliphatic hydroxyl groups is 1. The largest absolute Gasteiger partial charge is 0.389 e. The van der Waals surface area contributed by atoms with Crippen LogP contribution >= 0.6 is 0 Å². The lowest BCUT2D eigenvalue weighted by Crippen LogP contribution is -2.40. The fraction of sp³-hybridized carbons (Fsp3) is 0.600. The normalized spacial score (nSPS) is 19.1. The van der Waals surface area contributed by atoms with Crippen LogP contribution < -0.4 is 5.32 Å². The zero-order chi connectivity index (χ0) is 13.7. The van der Waals surface area contributed by atoms with Crippen LogP contribution in [0.1, 0.15) is 44.1 Å². The molecule has 1 aromatic rings. The minimum Gasteiger partial charge on any atom is -0.389 e. The quantitative estimate of drug-likeness (QED) is 0.823. The van der Waals surface area contributed by atoms with E-state index in [1.807, 2.05) is 0 Å². The Bertz CT molecular complexity index is 415. The highest BCUT2D eigenvalue weighted by atomic mass is 19.2. The van der Waals surface area contributed by atoms with Crippen molar-refractivity contribution in [2.45, 2.75) is 50.7 Å². The summed E-state index contributed by atoms with van der Waals surface area (Å²) in [6.45, 7) is 0.675. The Morgan fingerprint density at radius 1 is 1.11 bits per heavy atom. The highest BCUT2D eigenvalue weighted by molar-refractivity contribution is 5.18. The third-order valence-corrected chi connectivity index (χ3v) is 3.84. The smallest absolute Gasteiger partial charge is 0.163 e. The molecule has 2 N–H and O–H groups in total. The van der Waals surface area contributed by atoms with Gasteiger partial charge in [-0.25, -0.2) is 8.78 Å². The molecule has 0 atom stereocenters. The Morgan fingerprint density at radius 2 is 1.79 bits per heavy atom. The number of halogens is 2. The van der Waals surface area contributed by atoms with Gasteiger partial charge in [-0.3, -0.25) is 0 Å². The molecule has 0 heterocycles. The van der Waals surface area contributed by atoms with Gasteiger partial charge in [0.2, 0.25) is 0 Å². The molecule has 106 valence electrons. The molecular formula is C15H21F2NO. The maximum Gasteiger partial charge on any atom is 0.163 e. The first-order valence-corrected chi connectivity index (χ1v) is 6.97. The fourth-order valence-electron chi connectivity index (χ4n) is 2.68. The van der Waals surface area contributed by atoms with E-state index < -0.39 is 17.2 Å². The molecule has 1 aliphatic rings. The van der Waals surface area contributed by atoms with Crippen molar-refractivity contribution in [3.8, 4) is 0 Å². The summed E-state index contributed by atoms with van der Waals surface area (Å²) in [5.41, 5.74) is -0.391. The molecule has 2 nitrogen and oxygen atoms in total. The van der Waals surface area contributed by atoms with Gasteiger partial charge >= 0.3 is 0 Å². The standard InChI is InChI=1S/C15H21F2NO/c16-13-7-5-6-12(14(13)17)10-18-11-15(19)8-3-1-2-4-9-15/h5-7,18-19H,1-4,8-11H2. The molecule has 19 heavy (non-hydrogen) atoms. The van der Waals surface area contributed by atoms with Gasteiger partial charge in [0.15, 0.2) is 11.6 Å². The van der Waals surface area contributed by atoms with Crippen LogP contribution in [-0.4, -0.2) is 17.3 Å². The van der Waals surface area contributed by atoms with Crippen molar-refractivity contribution in [3.63, 3.8) is 0 Å². The number of nitrogens with one attached hydrogen (secondary N) is 1. The minimum atomic E-state index is -0.826. The molecule has 2 rings (SSSR count). The summed E-state index contributed by atoms with van der Waals surface area (Å²) < 4.78 is 26.5. The molecule has 1 aromatic carbocycles. The Labute approximate surface area is 112 Å². The zero-order valence-electron chi connectivity index (χ0n) is 11.1. The second kappa shape index (κ2) is 6.44. The molecule has 0 aliphatic heterocycles. The highest BCUT2D eigenvalue weighted by Gasteiger charge is 2.27. The van der Waals surface area contributed by atoms with E-state index in [1.165, 1.54) is 18.9 Å². The highest BCUT2D eigenvalue weighted by Crippen LogP contribution is 2.26. The first-order chi connectivity index (χ1) is 9.11. The van der Waals surface area contributed by atoms with E-state index in [-0.39, 0.29) is 6.54 Å². The Morgan fingerprint density at radius 3 is 2.47 bits per heavy atom. The molecule has 0 spiro atoms. The van der Waals surface area contributed by atoms with Crippen LogP contribution in [0.25, 0.3) is 0 Å². The van der Waals surface area contributed by atoms with Crippen LogP contribution in [0.15, 0.2) is 18.2 Å². The van der Waals surface area contributed by atoms with Crippen molar-refractivity contribution < 1.29 is 13.9 Å². The van der Waals surface area contributed by atoms with Gasteiger partial charge in [0, 0.05) is 18.7 Å². The van der Waals surface area contributed by atoms with Crippen LogP contribution in [0.4, 0.5) is 8.78 Å². The Hall–Kier alpha value is -1.00. The van der Waals surface area contributed by atoms with E-state index in [9.17, 15) is 13.9 Å². The summed E-state index contributed by atoms with van der Waals surface area (Å²) in [4.78, 5) is 0. The predicted molar refractivity (Wildman–Crippen MR) is 70.7 cm³/mol. The van der Waals surface area contributed by atoms with Crippen LogP contribution in [0, 0.1) is 11.6 Å². The number of rotatable bonds is 4. The van der Waals surface area contributed by atoms with E-state index in [0.717, 1.165) is 31.7 Å². The van der Waals surface area contributed by atoms with Gasteiger partial charge in [0.1, 0.15) is 0 Å². The van der Waals surface area contributed by atoms with Gasteiger partial charge in [0.05, 0.1) is 5.60 Å². The lowest BCUT2D eigenvalue weighted by Gasteiger charge is -2.27. The lowest BCUT2D eigenvalue weighted by molar-refractivity contribution is 0.0250. The number of hydrogen-bond acceptors (Lipinski definition) is 2. The van der Waals surface area contributed by atoms with E-state index >= 15 is 0 Å². The van der Waals surface area contributed by atoms with Crippen LogP contribution in [0.5, 0.6) is 0 Å². The third kappa shape index (κ3) is 3.98. The molecule has 0 bridgehead atoms. The van der Waals surface area contributed by atoms with Crippen molar-refractivity contribution in [3.05, 3.63) is 35.4 Å². The van der Waals surface area contributed by atoms with Gasteiger partial charge in [-0.15, -0.1) is 0 Å². The first kappa shape index (κ1) is 14.4. The van der Waals surface area contributed by atoms with Crippen molar-refractivity contribution in [1.82, 2.24) is 5.32 Å². The average Bonchev–Trinajstić information content (AvgIpc) is 2.60. The van der Waals surface area contributed by atoms with E-state index in [4.69, 9.17) is 0 Å². The van der Waals surface area contributed by atoms with Crippen LogP contribution in [0.2, 0.25) is 0 Å². The second-order valence-corrected chi connectivity index (χ2v) is 5.46. The van der Waals surface area contributed by atoms with E-state index in [0.29, 0.717) is 12.1 Å². The molecule has 1 aliphatic carbocycles. The molecule has 0 radical (unpaired) electrons. The summed E-state index contributed by atoms with van der Waals surface area (Å²) in [6, 6.07) is 4.16. The molecule has 0 unspecified atom stereocenters. The van der Waals surface area contributed by atoms with E-state index in [2.05, 4.69) is 5.32 Å². The zero-order valence-corrected chi connectivity index (χ0v) is 11.1. The molecule has 0 aromatic heterocycles. The summed E-state index contributed by atoms with van der Waals surface area (Å²) in [5.74, 6) is -1.63. The second-order valence-electron chi connectivity index (χ2n) is 5.46. The van der Waals surface area contributed by atoms with Gasteiger partial charge < -0.3 is 10.4 Å². The summed E-state index contributed by atoms with van der Waals surface area (Å²) in [5, 5.41) is 13.5. The summed E-state index contributed by atoms with van der Waals surface area (Å²) in [7, 11) is 0. The van der Waals surface area contributed by atoms with Crippen molar-refractivity contribution in [2.75, 3.05) is 6.54 Å². The first-order valence-electron chi connectivity index (χ1n) is 6.97. The van der Waals surface area contributed by atoms with Crippen molar-refractivity contribution >= 4 is 0 Å². The summed E-state index contributed by atoms with van der Waals surface area (Å²) >= 11 is 0. The van der Waals surface area contributed by atoms with Gasteiger partial charge in [-0.2, -0.15) is 0 Å². The van der Waals surface area contributed by atoms with Crippen molar-refractivity contribution in [1.29, 1.82) is 0 Å². The topological polar surface area (TPSA) is 32.3 Å². The molecule has 0 saturated heterocycles. The predicted octanol–water partition coefficient (Wildman–Crippen LogP) is 3.14. The molecule has 0 amide bonds. The summed E-state index contributed by atoms with van der Waals surface area (Å²) in [6.07, 6.45) is 5.97. The maximum absolute atomic E-state index is 13.5. The monoisotopic (exact) mass is 269 g/mol. The minimum absolute atomic E-state index is 0.242. The van der Waals surface area contributed by atoms with Crippen LogP contribution in [-0.2, 0) is 6.54 Å². The number of benzene rings is 1.